The highest BCUT2D eigenvalue weighted by molar-refractivity contribution is 5.93. The maximum atomic E-state index is 13.0. The van der Waals surface area contributed by atoms with E-state index < -0.39 is 23.9 Å². The fourth-order valence-corrected chi connectivity index (χ4v) is 3.44. The maximum absolute atomic E-state index is 13.0. The highest BCUT2D eigenvalue weighted by atomic mass is 19.3. The van der Waals surface area contributed by atoms with Gasteiger partial charge < -0.3 is 14.6 Å². The Hall–Kier alpha value is -2.71. The first-order valence-corrected chi connectivity index (χ1v) is 8.38. The number of alkyl halides is 2. The van der Waals surface area contributed by atoms with Gasteiger partial charge in [-0.2, -0.15) is 5.10 Å². The standard InChI is InChI=1S/C17H18F2N4O3/c1-10-3-5-26-14(10)16(25)22-8-12-2-4-20-23(12)13(9-22)15(24)21-11-6-17(18,19)7-11/h2-5,11,13H,6-9H2,1H3,(H,21,24)/t13-/m0/s1. The van der Waals surface area contributed by atoms with Gasteiger partial charge in [0.15, 0.2) is 5.76 Å². The summed E-state index contributed by atoms with van der Waals surface area (Å²) in [6.07, 6.45) is 2.29. The second kappa shape index (κ2) is 5.93. The average Bonchev–Trinajstić information content (AvgIpc) is 3.19. The van der Waals surface area contributed by atoms with Crippen LogP contribution in [0.4, 0.5) is 8.78 Å². The molecule has 1 aliphatic heterocycles. The number of aromatic nitrogens is 2. The summed E-state index contributed by atoms with van der Waals surface area (Å²) in [7, 11) is 0. The van der Waals surface area contributed by atoms with Crippen LogP contribution in [-0.4, -0.2) is 45.0 Å². The highest BCUT2D eigenvalue weighted by Crippen LogP contribution is 2.37. The van der Waals surface area contributed by atoms with Crippen LogP contribution in [0, 0.1) is 6.92 Å². The van der Waals surface area contributed by atoms with Gasteiger partial charge in [0, 0.05) is 30.6 Å². The zero-order valence-corrected chi connectivity index (χ0v) is 14.1. The van der Waals surface area contributed by atoms with Crippen LogP contribution < -0.4 is 5.32 Å². The average molecular weight is 364 g/mol. The molecule has 2 amide bonds. The quantitative estimate of drug-likeness (QED) is 0.902. The third kappa shape index (κ3) is 2.87. The Bertz CT molecular complexity index is 852. The highest BCUT2D eigenvalue weighted by Gasteiger charge is 2.47. The van der Waals surface area contributed by atoms with E-state index in [-0.39, 0.29) is 31.1 Å². The van der Waals surface area contributed by atoms with E-state index in [1.54, 1.807) is 29.9 Å². The van der Waals surface area contributed by atoms with E-state index in [4.69, 9.17) is 4.42 Å². The molecule has 1 aliphatic carbocycles. The Kier molecular flexibility index (Phi) is 3.82. The molecular weight excluding hydrogens is 346 g/mol. The summed E-state index contributed by atoms with van der Waals surface area (Å²) < 4.78 is 32.8. The molecule has 0 spiro atoms. The molecule has 2 aromatic heterocycles. The van der Waals surface area contributed by atoms with Gasteiger partial charge >= 0.3 is 0 Å². The van der Waals surface area contributed by atoms with Gasteiger partial charge in [-0.25, -0.2) is 8.78 Å². The summed E-state index contributed by atoms with van der Waals surface area (Å²) in [5.41, 5.74) is 1.42. The zero-order valence-electron chi connectivity index (χ0n) is 14.1. The fraction of sp³-hybridized carbons (Fsp3) is 0.471. The molecular formula is C17H18F2N4O3. The Morgan fingerprint density at radius 2 is 2.12 bits per heavy atom. The van der Waals surface area contributed by atoms with Gasteiger partial charge in [-0.05, 0) is 19.1 Å². The first-order valence-electron chi connectivity index (χ1n) is 8.38. The predicted octanol–water partition coefficient (Wildman–Crippen LogP) is 1.90. The van der Waals surface area contributed by atoms with E-state index in [1.807, 2.05) is 0 Å². The molecule has 1 N–H and O–H groups in total. The predicted molar refractivity (Wildman–Crippen MR) is 85.6 cm³/mol. The van der Waals surface area contributed by atoms with E-state index in [9.17, 15) is 18.4 Å². The zero-order chi connectivity index (χ0) is 18.5. The lowest BCUT2D eigenvalue weighted by molar-refractivity contribution is -0.133. The minimum Gasteiger partial charge on any atom is -0.459 e. The molecule has 7 nitrogen and oxygen atoms in total. The van der Waals surface area contributed by atoms with Crippen LogP contribution >= 0.6 is 0 Å². The minimum absolute atomic E-state index is 0.0998. The van der Waals surface area contributed by atoms with Gasteiger partial charge in [0.1, 0.15) is 6.04 Å². The largest absolute Gasteiger partial charge is 0.459 e. The molecule has 2 aromatic rings. The number of hydrogen-bond donors (Lipinski definition) is 1. The Balaban J connectivity index is 1.52. The van der Waals surface area contributed by atoms with Crippen molar-refractivity contribution in [3.63, 3.8) is 0 Å². The topological polar surface area (TPSA) is 80.4 Å². The number of carbonyl (C=O) groups excluding carboxylic acids is 2. The van der Waals surface area contributed by atoms with Gasteiger partial charge in [0.2, 0.25) is 5.91 Å². The Labute approximate surface area is 147 Å². The van der Waals surface area contributed by atoms with Crippen molar-refractivity contribution in [3.05, 3.63) is 41.6 Å². The van der Waals surface area contributed by atoms with E-state index in [1.165, 1.54) is 11.2 Å². The first kappa shape index (κ1) is 16.7. The lowest BCUT2D eigenvalue weighted by Gasteiger charge is -2.38. The second-order valence-electron chi connectivity index (χ2n) is 6.87. The molecule has 1 fully saturated rings. The molecule has 0 unspecified atom stereocenters. The molecule has 0 saturated heterocycles. The number of rotatable bonds is 3. The van der Waals surface area contributed by atoms with Crippen molar-refractivity contribution in [2.75, 3.05) is 6.54 Å². The number of furan rings is 1. The number of nitrogens with zero attached hydrogens (tertiary/aromatic N) is 3. The molecule has 4 rings (SSSR count). The van der Waals surface area contributed by atoms with Crippen LogP contribution in [0.1, 0.15) is 40.7 Å². The molecule has 138 valence electrons. The van der Waals surface area contributed by atoms with Gasteiger partial charge in [-0.1, -0.05) is 0 Å². The number of nitrogens with one attached hydrogen (secondary N) is 1. The van der Waals surface area contributed by atoms with Crippen molar-refractivity contribution in [2.45, 2.75) is 44.3 Å². The van der Waals surface area contributed by atoms with Gasteiger partial charge in [0.25, 0.3) is 11.8 Å². The summed E-state index contributed by atoms with van der Waals surface area (Å²) in [5, 5.41) is 6.80. The Morgan fingerprint density at radius 3 is 2.77 bits per heavy atom. The van der Waals surface area contributed by atoms with Crippen molar-refractivity contribution in [2.24, 2.45) is 0 Å². The lowest BCUT2D eigenvalue weighted by Crippen LogP contribution is -2.54. The lowest BCUT2D eigenvalue weighted by atomic mass is 9.88. The molecule has 1 saturated carbocycles. The van der Waals surface area contributed by atoms with Gasteiger partial charge in [-0.15, -0.1) is 0 Å². The van der Waals surface area contributed by atoms with Crippen LogP contribution in [0.25, 0.3) is 0 Å². The molecule has 2 aliphatic rings. The molecule has 0 radical (unpaired) electrons. The normalized spacial score (nSPS) is 21.8. The van der Waals surface area contributed by atoms with E-state index in [0.717, 1.165) is 0 Å². The smallest absolute Gasteiger partial charge is 0.290 e. The summed E-state index contributed by atoms with van der Waals surface area (Å²) in [6, 6.07) is 2.12. The Morgan fingerprint density at radius 1 is 1.35 bits per heavy atom. The van der Waals surface area contributed by atoms with Crippen molar-refractivity contribution in [1.82, 2.24) is 20.0 Å². The monoisotopic (exact) mass is 364 g/mol. The molecule has 0 bridgehead atoms. The van der Waals surface area contributed by atoms with Crippen molar-refractivity contribution < 1.29 is 22.8 Å². The van der Waals surface area contributed by atoms with Crippen LogP contribution in [-0.2, 0) is 11.3 Å². The summed E-state index contributed by atoms with van der Waals surface area (Å²) in [6.45, 7) is 2.17. The molecule has 3 heterocycles. The van der Waals surface area contributed by atoms with Crippen LogP contribution in [0.3, 0.4) is 0 Å². The number of carbonyl (C=O) groups is 2. The van der Waals surface area contributed by atoms with E-state index in [0.29, 0.717) is 17.8 Å². The number of hydrogen-bond acceptors (Lipinski definition) is 4. The number of amides is 2. The van der Waals surface area contributed by atoms with Crippen molar-refractivity contribution in [3.8, 4) is 0 Å². The van der Waals surface area contributed by atoms with Crippen LogP contribution in [0.2, 0.25) is 0 Å². The third-order valence-electron chi connectivity index (χ3n) is 4.88. The summed E-state index contributed by atoms with van der Waals surface area (Å²) >= 11 is 0. The molecule has 0 aromatic carbocycles. The second-order valence-corrected chi connectivity index (χ2v) is 6.87. The summed E-state index contributed by atoms with van der Waals surface area (Å²) in [5.74, 6) is -3.20. The molecule has 1 atom stereocenters. The maximum Gasteiger partial charge on any atom is 0.290 e. The molecule has 9 heteroatoms. The third-order valence-corrected chi connectivity index (χ3v) is 4.88. The van der Waals surface area contributed by atoms with Gasteiger partial charge in [-0.3, -0.25) is 14.3 Å². The van der Waals surface area contributed by atoms with Crippen molar-refractivity contribution >= 4 is 11.8 Å². The van der Waals surface area contributed by atoms with Crippen LogP contribution in [0.5, 0.6) is 0 Å². The number of fused-ring (bicyclic) bond motifs is 1. The minimum atomic E-state index is -2.71. The van der Waals surface area contributed by atoms with Crippen molar-refractivity contribution in [1.29, 1.82) is 0 Å². The molecule has 26 heavy (non-hydrogen) atoms. The van der Waals surface area contributed by atoms with E-state index >= 15 is 0 Å². The van der Waals surface area contributed by atoms with Gasteiger partial charge in [0.05, 0.1) is 25.0 Å². The number of halogens is 2. The first-order chi connectivity index (χ1) is 12.3. The van der Waals surface area contributed by atoms with E-state index in [2.05, 4.69) is 10.4 Å². The SMILES string of the molecule is Cc1ccoc1C(=O)N1Cc2ccnn2[C@H](C(=O)NC2CC(F)(F)C2)C1. The fourth-order valence-electron chi connectivity index (χ4n) is 3.44. The van der Waals surface area contributed by atoms with Crippen LogP contribution in [0.15, 0.2) is 29.0 Å². The summed E-state index contributed by atoms with van der Waals surface area (Å²) in [4.78, 5) is 26.9. The number of aryl methyl sites for hydroxylation is 1.